The predicted molar refractivity (Wildman–Crippen MR) is 168 cm³/mol. The number of H-pyrrole nitrogens is 1. The van der Waals surface area contributed by atoms with E-state index in [1.54, 1.807) is 57.2 Å². The number of carboxylic acids is 1. The van der Waals surface area contributed by atoms with E-state index >= 15 is 0 Å². The van der Waals surface area contributed by atoms with Gasteiger partial charge in [-0.1, -0.05) is 24.3 Å². The number of hydrogen-bond acceptors (Lipinski definition) is 9. The van der Waals surface area contributed by atoms with Crippen molar-refractivity contribution in [2.45, 2.75) is 61.6 Å². The lowest BCUT2D eigenvalue weighted by atomic mass is 9.94. The largest absolute Gasteiger partial charge is 0.508 e. The van der Waals surface area contributed by atoms with E-state index in [4.69, 9.17) is 11.5 Å². The van der Waals surface area contributed by atoms with E-state index in [0.717, 1.165) is 0 Å². The van der Waals surface area contributed by atoms with Crippen molar-refractivity contribution in [1.29, 1.82) is 0 Å². The summed E-state index contributed by atoms with van der Waals surface area (Å²) in [4.78, 5) is 70.0. The minimum atomic E-state index is -1.22. The zero-order chi connectivity index (χ0) is 32.8. The van der Waals surface area contributed by atoms with E-state index < -0.39 is 57.6 Å². The molecule has 3 amide bonds. The molecule has 0 spiro atoms. The van der Waals surface area contributed by atoms with Crippen LogP contribution in [0, 0.1) is 0 Å². The van der Waals surface area contributed by atoms with E-state index in [2.05, 4.69) is 10.3 Å². The van der Waals surface area contributed by atoms with Crippen molar-refractivity contribution in [1.82, 2.24) is 14.8 Å². The second-order valence-corrected chi connectivity index (χ2v) is 13.4. The first kappa shape index (κ1) is 31.8. The number of aromatic nitrogens is 1. The van der Waals surface area contributed by atoms with E-state index in [0.29, 0.717) is 22.5 Å². The molecule has 5 atom stereocenters. The molecule has 13 nitrogen and oxygen atoms in total. The lowest BCUT2D eigenvalue weighted by molar-refractivity contribution is -0.169. The van der Waals surface area contributed by atoms with Crippen LogP contribution in [0.15, 0.2) is 65.5 Å². The van der Waals surface area contributed by atoms with Crippen molar-refractivity contribution < 1.29 is 29.4 Å². The molecule has 2 saturated heterocycles. The normalized spacial score (nSPS) is 21.3. The molecule has 2 aliphatic rings. The molecule has 0 aliphatic carbocycles. The number of amides is 3. The summed E-state index contributed by atoms with van der Waals surface area (Å²) in [6.45, 7) is 4.77. The van der Waals surface area contributed by atoms with Gasteiger partial charge in [0.2, 0.25) is 17.7 Å². The van der Waals surface area contributed by atoms with Gasteiger partial charge in [0.25, 0.3) is 5.56 Å². The van der Waals surface area contributed by atoms with Crippen LogP contribution in [0.5, 0.6) is 5.75 Å². The van der Waals surface area contributed by atoms with Crippen molar-refractivity contribution in [3.63, 3.8) is 0 Å². The summed E-state index contributed by atoms with van der Waals surface area (Å²) in [6.07, 6.45) is 0. The zero-order valence-electron chi connectivity index (χ0n) is 24.8. The highest BCUT2D eigenvalue weighted by Crippen LogP contribution is 2.52. The molecule has 3 aromatic rings. The number of pyridine rings is 1. The molecular weight excluding hydrogens is 600 g/mol. The van der Waals surface area contributed by atoms with Gasteiger partial charge in [0.1, 0.15) is 29.2 Å². The monoisotopic (exact) mass is 634 g/mol. The third-order valence-corrected chi connectivity index (χ3v) is 9.55. The van der Waals surface area contributed by atoms with Crippen LogP contribution in [0.1, 0.15) is 37.9 Å². The average Bonchev–Trinajstić information content (AvgIpc) is 3.24. The summed E-state index contributed by atoms with van der Waals surface area (Å²) in [6, 6.07) is 11.7. The minimum absolute atomic E-state index is 0.0134. The second kappa shape index (κ2) is 12.0. The smallest absolute Gasteiger partial charge is 0.327 e. The number of benzene rings is 2. The van der Waals surface area contributed by atoms with E-state index in [-0.39, 0.29) is 23.8 Å². The predicted octanol–water partition coefficient (Wildman–Crippen LogP) is 1.58. The van der Waals surface area contributed by atoms with Crippen molar-refractivity contribution in [2.75, 3.05) is 5.32 Å². The standard InChI is InChI=1S/C31H34N6O7S/c1-15(32)25(39)34-19-9-4-16(5-10-19)21-13-8-18(26(40)35-21)14-36(27(41)22(33)17-6-11-20(38)12-7-17)23-28(42)37-24(30(43)44)31(2,3)45-29(23)37/h4-13,15,22-24,29,38H,14,32-33H2,1-3H3,(H,34,39)(H,35,40)(H,43,44)/t15-,22?,23+,24-,29+/m0/s1. The third kappa shape index (κ3) is 6.03. The molecule has 3 heterocycles. The van der Waals surface area contributed by atoms with Gasteiger partial charge < -0.3 is 41.8 Å². The fourth-order valence-electron chi connectivity index (χ4n) is 5.57. The van der Waals surface area contributed by atoms with Gasteiger partial charge in [0.05, 0.1) is 12.6 Å². The summed E-state index contributed by atoms with van der Waals surface area (Å²) in [5, 5.41) is 21.6. The van der Waals surface area contributed by atoms with Gasteiger partial charge in [0, 0.05) is 21.7 Å². The number of anilines is 1. The number of nitrogens with one attached hydrogen (secondary N) is 2. The summed E-state index contributed by atoms with van der Waals surface area (Å²) in [7, 11) is 0. The quantitative estimate of drug-likeness (QED) is 0.187. The molecule has 0 bridgehead atoms. The van der Waals surface area contributed by atoms with Crippen molar-refractivity contribution in [2.24, 2.45) is 11.5 Å². The number of nitrogens with zero attached hydrogens (tertiary/aromatic N) is 2. The molecule has 8 N–H and O–H groups in total. The molecular formula is C31H34N6O7S. The Morgan fingerprint density at radius 3 is 2.27 bits per heavy atom. The Labute approximate surface area is 262 Å². The average molecular weight is 635 g/mol. The van der Waals surface area contributed by atoms with Crippen LogP contribution < -0.4 is 22.3 Å². The van der Waals surface area contributed by atoms with Gasteiger partial charge >= 0.3 is 5.97 Å². The molecule has 236 valence electrons. The molecule has 2 fully saturated rings. The molecule has 2 aliphatic heterocycles. The Bertz CT molecular complexity index is 1710. The summed E-state index contributed by atoms with van der Waals surface area (Å²) in [5.74, 6) is -2.67. The first-order valence-electron chi connectivity index (χ1n) is 14.2. The number of aromatic hydroxyl groups is 1. The Morgan fingerprint density at radius 2 is 1.69 bits per heavy atom. The van der Waals surface area contributed by atoms with Crippen LogP contribution >= 0.6 is 11.8 Å². The summed E-state index contributed by atoms with van der Waals surface area (Å²) >= 11 is 1.28. The summed E-state index contributed by atoms with van der Waals surface area (Å²) < 4.78 is -0.825. The van der Waals surface area contributed by atoms with Crippen LogP contribution in [0.2, 0.25) is 0 Å². The van der Waals surface area contributed by atoms with Gasteiger partial charge in [-0.05, 0) is 68.3 Å². The first-order valence-corrected chi connectivity index (χ1v) is 15.0. The number of nitrogens with two attached hydrogens (primary N) is 2. The van der Waals surface area contributed by atoms with E-state index in [9.17, 15) is 34.2 Å². The molecule has 0 saturated carbocycles. The fraction of sp³-hybridized carbons (Fsp3) is 0.323. The molecule has 45 heavy (non-hydrogen) atoms. The topological polar surface area (TPSA) is 212 Å². The minimum Gasteiger partial charge on any atom is -0.508 e. The Kier molecular flexibility index (Phi) is 8.49. The number of carbonyl (C=O) groups is 4. The molecule has 5 rings (SSSR count). The maximum Gasteiger partial charge on any atom is 0.327 e. The van der Waals surface area contributed by atoms with Gasteiger partial charge in [-0.15, -0.1) is 11.8 Å². The number of aromatic amines is 1. The fourth-order valence-corrected chi connectivity index (χ4v) is 7.26. The van der Waals surface area contributed by atoms with Gasteiger partial charge in [0.15, 0.2) is 0 Å². The number of β-lactam (4-membered cyclic amide) rings is 1. The SMILES string of the molecule is C[C@H](N)C(=O)Nc1ccc(-c2ccc(CN(C(=O)C(N)c3ccc(O)cc3)[C@@H]3C(=O)N4[C@@H]3SC(C)(C)[C@@H]4C(=O)O)c(=O)[nH]2)cc1. The van der Waals surface area contributed by atoms with Crippen LogP contribution in [0.25, 0.3) is 11.3 Å². The highest BCUT2D eigenvalue weighted by molar-refractivity contribution is 8.01. The number of carboxylic acid groups (broad SMARTS) is 1. The van der Waals surface area contributed by atoms with Gasteiger partial charge in [-0.25, -0.2) is 4.79 Å². The highest BCUT2D eigenvalue weighted by Gasteiger charge is 2.66. The Hall–Kier alpha value is -4.66. The van der Waals surface area contributed by atoms with Crippen LogP contribution in [0.3, 0.4) is 0 Å². The van der Waals surface area contributed by atoms with E-state index in [1.807, 2.05) is 0 Å². The lowest BCUT2D eigenvalue weighted by Gasteiger charge is -2.48. The van der Waals surface area contributed by atoms with Gasteiger partial charge in [-0.2, -0.15) is 0 Å². The van der Waals surface area contributed by atoms with Crippen LogP contribution in [-0.2, 0) is 25.7 Å². The van der Waals surface area contributed by atoms with Crippen molar-refractivity contribution >= 4 is 41.1 Å². The Balaban J connectivity index is 1.43. The number of phenolic OH excluding ortho intramolecular Hbond substituents is 1. The maximum absolute atomic E-state index is 13.9. The number of rotatable bonds is 9. The second-order valence-electron chi connectivity index (χ2n) is 11.7. The number of phenols is 1. The first-order chi connectivity index (χ1) is 21.2. The third-order valence-electron chi connectivity index (χ3n) is 7.99. The number of carbonyl (C=O) groups excluding carboxylic acids is 3. The van der Waals surface area contributed by atoms with Crippen molar-refractivity contribution in [3.05, 3.63) is 82.1 Å². The lowest BCUT2D eigenvalue weighted by Crippen LogP contribution is -2.71. The van der Waals surface area contributed by atoms with Gasteiger partial charge in [-0.3, -0.25) is 19.2 Å². The zero-order valence-corrected chi connectivity index (χ0v) is 25.6. The highest BCUT2D eigenvalue weighted by atomic mass is 32.2. The Morgan fingerprint density at radius 1 is 1.04 bits per heavy atom. The molecule has 14 heteroatoms. The van der Waals surface area contributed by atoms with Crippen molar-refractivity contribution in [3.8, 4) is 17.0 Å². The molecule has 2 aromatic carbocycles. The maximum atomic E-state index is 13.9. The van der Waals surface area contributed by atoms with Crippen LogP contribution in [-0.4, -0.2) is 76.9 Å². The molecule has 0 radical (unpaired) electrons. The van der Waals surface area contributed by atoms with Crippen LogP contribution in [0.4, 0.5) is 5.69 Å². The van der Waals surface area contributed by atoms with E-state index in [1.165, 1.54) is 45.8 Å². The molecule has 1 unspecified atom stereocenters. The number of hydrogen-bond donors (Lipinski definition) is 6. The number of fused-ring (bicyclic) bond motifs is 1. The molecule has 1 aromatic heterocycles. The summed E-state index contributed by atoms with van der Waals surface area (Å²) in [5.41, 5.74) is 13.7. The number of thioether (sulfide) groups is 1. The number of aliphatic carboxylic acids is 1.